The molecule has 188 valence electrons. The number of hydrogen-bond acceptors (Lipinski definition) is 7. The summed E-state index contributed by atoms with van der Waals surface area (Å²) in [5.41, 5.74) is 1.84. The van der Waals surface area contributed by atoms with Crippen LogP contribution >= 0.6 is 0 Å². The van der Waals surface area contributed by atoms with Crippen molar-refractivity contribution < 1.29 is 14.7 Å². The zero-order valence-corrected chi connectivity index (χ0v) is 20.4. The van der Waals surface area contributed by atoms with Crippen LogP contribution in [0.15, 0.2) is 66.7 Å². The second kappa shape index (κ2) is 12.1. The Morgan fingerprint density at radius 3 is 2.28 bits per heavy atom. The van der Waals surface area contributed by atoms with Crippen molar-refractivity contribution in [1.29, 1.82) is 0 Å². The molecule has 1 aliphatic rings. The Balaban J connectivity index is 1.42. The molecule has 1 aliphatic heterocycles. The van der Waals surface area contributed by atoms with Gasteiger partial charge in [0.15, 0.2) is 5.82 Å². The third kappa shape index (κ3) is 6.79. The number of piperazine rings is 1. The summed E-state index contributed by atoms with van der Waals surface area (Å²) in [5, 5.41) is 16.5. The molecule has 4 rings (SSSR count). The molecule has 36 heavy (non-hydrogen) atoms. The number of hydrogen-bond donors (Lipinski definition) is 3. The molecule has 1 saturated heterocycles. The van der Waals surface area contributed by atoms with Crippen molar-refractivity contribution in [3.8, 4) is 11.4 Å². The van der Waals surface area contributed by atoms with Gasteiger partial charge in [0.05, 0.1) is 0 Å². The first-order valence-electron chi connectivity index (χ1n) is 12.2. The number of aliphatic hydroxyl groups excluding tert-OH is 1. The van der Waals surface area contributed by atoms with Crippen LogP contribution in [0.4, 0.5) is 11.6 Å². The van der Waals surface area contributed by atoms with Crippen LogP contribution in [0.25, 0.3) is 11.4 Å². The maximum atomic E-state index is 12.8. The van der Waals surface area contributed by atoms with Gasteiger partial charge in [0, 0.05) is 64.2 Å². The number of anilines is 2. The van der Waals surface area contributed by atoms with E-state index < -0.39 is 6.10 Å². The first-order chi connectivity index (χ1) is 17.5. The molecule has 2 heterocycles. The summed E-state index contributed by atoms with van der Waals surface area (Å²) in [5.74, 6) is 1.72. The molecule has 0 spiro atoms. The van der Waals surface area contributed by atoms with E-state index in [1.807, 2.05) is 66.7 Å². The van der Waals surface area contributed by atoms with Gasteiger partial charge in [0.2, 0.25) is 5.91 Å². The fourth-order valence-electron chi connectivity index (χ4n) is 4.12. The summed E-state index contributed by atoms with van der Waals surface area (Å²) in [7, 11) is 0. The van der Waals surface area contributed by atoms with Gasteiger partial charge in [-0.3, -0.25) is 9.59 Å². The molecular weight excluding hydrogens is 456 g/mol. The third-order valence-corrected chi connectivity index (χ3v) is 6.02. The number of carbonyl (C=O) groups excluding carboxylic acids is 2. The highest BCUT2D eigenvalue weighted by molar-refractivity contribution is 5.81. The minimum absolute atomic E-state index is 0.0774. The molecule has 1 fully saturated rings. The van der Waals surface area contributed by atoms with Crippen LogP contribution in [-0.4, -0.2) is 77.2 Å². The van der Waals surface area contributed by atoms with Crippen LogP contribution in [0.1, 0.15) is 12.5 Å². The Morgan fingerprint density at radius 2 is 1.61 bits per heavy atom. The molecule has 3 N–H and O–H groups in total. The predicted molar refractivity (Wildman–Crippen MR) is 140 cm³/mol. The smallest absolute Gasteiger partial charge is 0.251 e. The van der Waals surface area contributed by atoms with Crippen molar-refractivity contribution >= 4 is 23.5 Å². The molecule has 3 aromatic rings. The number of benzene rings is 2. The maximum absolute atomic E-state index is 12.8. The van der Waals surface area contributed by atoms with E-state index in [0.29, 0.717) is 57.3 Å². The fraction of sp³-hybridized carbons (Fsp3) is 0.333. The van der Waals surface area contributed by atoms with E-state index in [4.69, 9.17) is 4.98 Å². The molecule has 0 radical (unpaired) electrons. The fourth-order valence-corrected chi connectivity index (χ4v) is 4.12. The van der Waals surface area contributed by atoms with E-state index in [2.05, 4.69) is 20.5 Å². The molecule has 9 nitrogen and oxygen atoms in total. The van der Waals surface area contributed by atoms with Crippen LogP contribution in [0.5, 0.6) is 0 Å². The molecule has 1 aromatic heterocycles. The number of nitrogens with zero attached hydrogens (tertiary/aromatic N) is 4. The summed E-state index contributed by atoms with van der Waals surface area (Å²) >= 11 is 0. The van der Waals surface area contributed by atoms with Crippen LogP contribution in [-0.2, 0) is 16.0 Å². The topological polar surface area (TPSA) is 111 Å². The van der Waals surface area contributed by atoms with Crippen LogP contribution in [0.2, 0.25) is 0 Å². The summed E-state index contributed by atoms with van der Waals surface area (Å²) in [6, 6.07) is 21.2. The van der Waals surface area contributed by atoms with Gasteiger partial charge in [0.1, 0.15) is 17.7 Å². The van der Waals surface area contributed by atoms with Gasteiger partial charge in [-0.15, -0.1) is 0 Å². The SMILES string of the molecule is CC(=O)NCCNc1cc(N2CCN(C(=O)C(O)Cc3ccccc3)CC2)nc(-c2ccccc2)n1. The van der Waals surface area contributed by atoms with E-state index in [-0.39, 0.29) is 11.8 Å². The molecule has 1 atom stereocenters. The summed E-state index contributed by atoms with van der Waals surface area (Å²) in [6.45, 7) is 4.71. The van der Waals surface area contributed by atoms with Crippen LogP contribution in [0, 0.1) is 0 Å². The molecule has 0 bridgehead atoms. The molecular formula is C27H32N6O3. The minimum atomic E-state index is -1.05. The third-order valence-electron chi connectivity index (χ3n) is 6.02. The normalized spacial score (nSPS) is 14.3. The average molecular weight is 489 g/mol. The average Bonchev–Trinajstić information content (AvgIpc) is 2.91. The number of aliphatic hydroxyl groups is 1. The van der Waals surface area contributed by atoms with E-state index in [9.17, 15) is 14.7 Å². The molecule has 2 aromatic carbocycles. The highest BCUT2D eigenvalue weighted by Crippen LogP contribution is 2.23. The lowest BCUT2D eigenvalue weighted by molar-refractivity contribution is -0.140. The van der Waals surface area contributed by atoms with Crippen molar-refractivity contribution in [3.63, 3.8) is 0 Å². The zero-order chi connectivity index (χ0) is 25.3. The van der Waals surface area contributed by atoms with Gasteiger partial charge < -0.3 is 25.5 Å². The second-order valence-corrected chi connectivity index (χ2v) is 8.73. The van der Waals surface area contributed by atoms with Crippen molar-refractivity contribution in [3.05, 3.63) is 72.3 Å². The van der Waals surface area contributed by atoms with Crippen molar-refractivity contribution in [1.82, 2.24) is 20.2 Å². The number of aromatic nitrogens is 2. The first-order valence-corrected chi connectivity index (χ1v) is 12.2. The van der Waals surface area contributed by atoms with E-state index in [1.165, 1.54) is 6.92 Å². The van der Waals surface area contributed by atoms with E-state index in [0.717, 1.165) is 16.9 Å². The van der Waals surface area contributed by atoms with Gasteiger partial charge in [-0.1, -0.05) is 60.7 Å². The Labute approximate surface area is 211 Å². The lowest BCUT2D eigenvalue weighted by Gasteiger charge is -2.36. The molecule has 0 saturated carbocycles. The van der Waals surface area contributed by atoms with Gasteiger partial charge in [-0.05, 0) is 5.56 Å². The Bertz CT molecular complexity index is 1150. The second-order valence-electron chi connectivity index (χ2n) is 8.73. The van der Waals surface area contributed by atoms with Crippen molar-refractivity contribution in [2.45, 2.75) is 19.4 Å². The predicted octanol–water partition coefficient (Wildman–Crippen LogP) is 1.94. The maximum Gasteiger partial charge on any atom is 0.251 e. The minimum Gasteiger partial charge on any atom is -0.383 e. The quantitative estimate of drug-likeness (QED) is 0.395. The molecule has 0 aliphatic carbocycles. The number of nitrogens with one attached hydrogen (secondary N) is 2. The summed E-state index contributed by atoms with van der Waals surface area (Å²) in [4.78, 5) is 37.3. The Kier molecular flexibility index (Phi) is 8.46. The number of carbonyl (C=O) groups is 2. The van der Waals surface area contributed by atoms with Gasteiger partial charge in [0.25, 0.3) is 5.91 Å². The van der Waals surface area contributed by atoms with Crippen LogP contribution in [0.3, 0.4) is 0 Å². The van der Waals surface area contributed by atoms with E-state index in [1.54, 1.807) is 4.90 Å². The molecule has 9 heteroatoms. The largest absolute Gasteiger partial charge is 0.383 e. The number of amides is 2. The molecule has 1 unspecified atom stereocenters. The van der Waals surface area contributed by atoms with Crippen LogP contribution < -0.4 is 15.5 Å². The summed E-state index contributed by atoms with van der Waals surface area (Å²) < 4.78 is 0. The first kappa shape index (κ1) is 25.1. The van der Waals surface area contributed by atoms with Crippen molar-refractivity contribution in [2.24, 2.45) is 0 Å². The lowest BCUT2D eigenvalue weighted by Crippen LogP contribution is -2.52. The van der Waals surface area contributed by atoms with Crippen molar-refractivity contribution in [2.75, 3.05) is 49.5 Å². The molecule has 2 amide bonds. The van der Waals surface area contributed by atoms with Gasteiger partial charge >= 0.3 is 0 Å². The van der Waals surface area contributed by atoms with E-state index >= 15 is 0 Å². The monoisotopic (exact) mass is 488 g/mol. The highest BCUT2D eigenvalue weighted by Gasteiger charge is 2.27. The lowest BCUT2D eigenvalue weighted by atomic mass is 10.1. The highest BCUT2D eigenvalue weighted by atomic mass is 16.3. The Morgan fingerprint density at radius 1 is 0.944 bits per heavy atom. The van der Waals surface area contributed by atoms with Gasteiger partial charge in [-0.25, -0.2) is 9.97 Å². The zero-order valence-electron chi connectivity index (χ0n) is 20.4. The van der Waals surface area contributed by atoms with Gasteiger partial charge in [-0.2, -0.15) is 0 Å². The standard InChI is InChI=1S/C27H32N6O3/c1-20(34)28-12-13-29-24-19-25(31-26(30-24)22-10-6-3-7-11-22)32-14-16-33(17-15-32)27(36)23(35)18-21-8-4-2-5-9-21/h2-11,19,23,35H,12-18H2,1H3,(H,28,34)(H,29,30,31). The Hall–Kier alpha value is -3.98. The number of rotatable bonds is 9. The summed E-state index contributed by atoms with van der Waals surface area (Å²) in [6.07, 6.45) is -0.748.